The van der Waals surface area contributed by atoms with Gasteiger partial charge in [0.25, 0.3) is 11.2 Å². The molecular weight excluding hydrogens is 372 g/mol. The average Bonchev–Trinajstić information content (AvgIpc) is 3.33. The van der Waals surface area contributed by atoms with E-state index >= 15 is 0 Å². The number of thiophene rings is 1. The molecule has 0 aliphatic rings. The molecule has 4 rings (SSSR count). The van der Waals surface area contributed by atoms with E-state index < -0.39 is 4.92 Å². The van der Waals surface area contributed by atoms with Crippen LogP contribution in [0.5, 0.6) is 0 Å². The monoisotopic (exact) mass is 382 g/mol. The number of nitro benzene ring substituents is 1. The van der Waals surface area contributed by atoms with Gasteiger partial charge in [-0.2, -0.15) is 9.50 Å². The molecule has 0 saturated heterocycles. The van der Waals surface area contributed by atoms with Crippen LogP contribution in [0.1, 0.15) is 16.3 Å². The number of nitro groups is 1. The first-order valence-electron chi connectivity index (χ1n) is 7.47. The molecule has 9 heteroatoms. The summed E-state index contributed by atoms with van der Waals surface area (Å²) in [5, 5.41) is 16.9. The van der Waals surface area contributed by atoms with Crippen molar-refractivity contribution < 1.29 is 4.92 Å². The third-order valence-corrected chi connectivity index (χ3v) is 5.34. The maximum absolute atomic E-state index is 12.5. The number of nitrogens with zero attached hydrogens (tertiary/aromatic N) is 4. The van der Waals surface area contributed by atoms with E-state index in [0.717, 1.165) is 4.88 Å². The van der Waals surface area contributed by atoms with Crippen molar-refractivity contribution in [3.05, 3.63) is 83.0 Å². The lowest BCUT2D eigenvalue weighted by Gasteiger charge is -1.92. The van der Waals surface area contributed by atoms with Crippen molar-refractivity contribution in [2.75, 3.05) is 0 Å². The standard InChI is InChI=1S/C17H10N4O3S2/c22-16-14(10-11-3-5-12(6-4-11)21(23)24)26-17-18-15(19-20(16)17)8-7-13-2-1-9-25-13/h1-10H/b8-7+,14-10-. The SMILES string of the molecule is O=c1/c(=C/c2ccc([N+](=O)[O-])cc2)sc2nc(/C=C/c3cccs3)nn12. The Hall–Kier alpha value is -3.17. The molecule has 0 atom stereocenters. The first-order valence-corrected chi connectivity index (χ1v) is 9.17. The van der Waals surface area contributed by atoms with E-state index in [1.165, 1.54) is 28.0 Å². The van der Waals surface area contributed by atoms with Crippen LogP contribution in [0.15, 0.2) is 46.6 Å². The van der Waals surface area contributed by atoms with E-state index in [1.807, 2.05) is 23.6 Å². The summed E-state index contributed by atoms with van der Waals surface area (Å²) in [6.45, 7) is 0. The molecule has 0 spiro atoms. The predicted molar refractivity (Wildman–Crippen MR) is 102 cm³/mol. The van der Waals surface area contributed by atoms with E-state index in [2.05, 4.69) is 10.1 Å². The molecule has 26 heavy (non-hydrogen) atoms. The van der Waals surface area contributed by atoms with E-state index in [9.17, 15) is 14.9 Å². The highest BCUT2D eigenvalue weighted by Gasteiger charge is 2.09. The second kappa shape index (κ2) is 6.62. The van der Waals surface area contributed by atoms with Gasteiger partial charge in [-0.15, -0.1) is 16.4 Å². The second-order valence-electron chi connectivity index (χ2n) is 5.28. The van der Waals surface area contributed by atoms with Gasteiger partial charge in [0.05, 0.1) is 9.46 Å². The molecule has 0 amide bonds. The van der Waals surface area contributed by atoms with Gasteiger partial charge in [0.2, 0.25) is 4.96 Å². The zero-order chi connectivity index (χ0) is 18.1. The van der Waals surface area contributed by atoms with Crippen molar-refractivity contribution in [3.8, 4) is 0 Å². The first-order chi connectivity index (χ1) is 12.6. The largest absolute Gasteiger partial charge is 0.291 e. The Balaban J connectivity index is 1.67. The molecule has 0 aliphatic heterocycles. The van der Waals surface area contributed by atoms with Crippen LogP contribution in [0.4, 0.5) is 5.69 Å². The fourth-order valence-corrected chi connectivity index (χ4v) is 3.84. The minimum atomic E-state index is -0.461. The topological polar surface area (TPSA) is 90.4 Å². The van der Waals surface area contributed by atoms with Crippen molar-refractivity contribution >= 4 is 51.5 Å². The Kier molecular flexibility index (Phi) is 4.15. The van der Waals surface area contributed by atoms with Crippen molar-refractivity contribution in [3.63, 3.8) is 0 Å². The molecule has 0 aliphatic carbocycles. The lowest BCUT2D eigenvalue weighted by Crippen LogP contribution is -2.23. The van der Waals surface area contributed by atoms with Gasteiger partial charge >= 0.3 is 0 Å². The molecule has 0 unspecified atom stereocenters. The van der Waals surface area contributed by atoms with Gasteiger partial charge < -0.3 is 0 Å². The number of hydrogen-bond acceptors (Lipinski definition) is 7. The van der Waals surface area contributed by atoms with Crippen molar-refractivity contribution in [1.82, 2.24) is 14.6 Å². The van der Waals surface area contributed by atoms with Crippen LogP contribution in [0, 0.1) is 10.1 Å². The van der Waals surface area contributed by atoms with Gasteiger partial charge in [0.1, 0.15) is 0 Å². The summed E-state index contributed by atoms with van der Waals surface area (Å²) in [7, 11) is 0. The van der Waals surface area contributed by atoms with Gasteiger partial charge in [0.15, 0.2) is 5.82 Å². The van der Waals surface area contributed by atoms with Gasteiger partial charge in [0, 0.05) is 17.0 Å². The molecule has 4 aromatic rings. The van der Waals surface area contributed by atoms with Crippen LogP contribution < -0.4 is 10.1 Å². The smallest absolute Gasteiger partial charge is 0.266 e. The highest BCUT2D eigenvalue weighted by Crippen LogP contribution is 2.14. The van der Waals surface area contributed by atoms with Crippen LogP contribution in [0.25, 0.3) is 23.2 Å². The number of hydrogen-bond donors (Lipinski definition) is 0. The Labute approximate surface area is 154 Å². The van der Waals surface area contributed by atoms with Crippen LogP contribution in [-0.2, 0) is 0 Å². The molecule has 0 saturated carbocycles. The Morgan fingerprint density at radius 2 is 1.96 bits per heavy atom. The summed E-state index contributed by atoms with van der Waals surface area (Å²) in [5.41, 5.74) is 0.455. The molecule has 3 aromatic heterocycles. The maximum Gasteiger partial charge on any atom is 0.291 e. The third-order valence-electron chi connectivity index (χ3n) is 3.54. The van der Waals surface area contributed by atoms with E-state index in [1.54, 1.807) is 35.6 Å². The van der Waals surface area contributed by atoms with Gasteiger partial charge in [-0.1, -0.05) is 17.4 Å². The predicted octanol–water partition coefficient (Wildman–Crippen LogP) is 2.84. The molecule has 0 N–H and O–H groups in total. The molecule has 0 bridgehead atoms. The van der Waals surface area contributed by atoms with Crippen molar-refractivity contribution in [2.45, 2.75) is 0 Å². The number of non-ortho nitro benzene ring substituents is 1. The quantitative estimate of drug-likeness (QED) is 0.400. The summed E-state index contributed by atoms with van der Waals surface area (Å²) in [6.07, 6.45) is 5.34. The lowest BCUT2D eigenvalue weighted by molar-refractivity contribution is -0.384. The number of aromatic nitrogens is 3. The fourth-order valence-electron chi connectivity index (χ4n) is 2.31. The summed E-state index contributed by atoms with van der Waals surface area (Å²) < 4.78 is 1.75. The lowest BCUT2D eigenvalue weighted by atomic mass is 10.2. The third kappa shape index (κ3) is 3.17. The molecule has 0 radical (unpaired) electrons. The Morgan fingerprint density at radius 3 is 2.62 bits per heavy atom. The summed E-state index contributed by atoms with van der Waals surface area (Å²) in [6, 6.07) is 9.95. The number of fused-ring (bicyclic) bond motifs is 1. The number of rotatable bonds is 4. The van der Waals surface area contributed by atoms with Crippen LogP contribution in [0.3, 0.4) is 0 Å². The van der Waals surface area contributed by atoms with Gasteiger partial charge in [-0.25, -0.2) is 0 Å². The highest BCUT2D eigenvalue weighted by molar-refractivity contribution is 7.15. The van der Waals surface area contributed by atoms with Gasteiger partial charge in [-0.3, -0.25) is 14.9 Å². The van der Waals surface area contributed by atoms with E-state index in [-0.39, 0.29) is 11.2 Å². The molecule has 3 heterocycles. The van der Waals surface area contributed by atoms with E-state index in [4.69, 9.17) is 0 Å². The average molecular weight is 382 g/mol. The fraction of sp³-hybridized carbons (Fsp3) is 0. The zero-order valence-corrected chi connectivity index (χ0v) is 14.7. The molecular formula is C17H10N4O3S2. The second-order valence-corrected chi connectivity index (χ2v) is 7.27. The normalized spacial score (nSPS) is 12.4. The summed E-state index contributed by atoms with van der Waals surface area (Å²) in [5.74, 6) is 0.476. The molecule has 7 nitrogen and oxygen atoms in total. The molecule has 0 fully saturated rings. The van der Waals surface area contributed by atoms with Crippen molar-refractivity contribution in [2.24, 2.45) is 0 Å². The van der Waals surface area contributed by atoms with Crippen LogP contribution in [-0.4, -0.2) is 19.5 Å². The maximum atomic E-state index is 12.5. The van der Waals surface area contributed by atoms with Gasteiger partial charge in [-0.05, 0) is 47.4 Å². The summed E-state index contributed by atoms with van der Waals surface area (Å²) in [4.78, 5) is 28.6. The number of thiazole rings is 1. The van der Waals surface area contributed by atoms with Crippen LogP contribution >= 0.6 is 22.7 Å². The highest BCUT2D eigenvalue weighted by atomic mass is 32.1. The number of benzene rings is 1. The Bertz CT molecular complexity index is 1220. The summed E-state index contributed by atoms with van der Waals surface area (Å²) >= 11 is 2.83. The Morgan fingerprint density at radius 1 is 1.15 bits per heavy atom. The first kappa shape index (κ1) is 16.3. The van der Waals surface area contributed by atoms with Crippen molar-refractivity contribution in [1.29, 1.82) is 0 Å². The minimum absolute atomic E-state index is 0.00863. The molecule has 1 aromatic carbocycles. The molecule has 128 valence electrons. The van der Waals surface area contributed by atoms with Crippen LogP contribution in [0.2, 0.25) is 0 Å². The van der Waals surface area contributed by atoms with E-state index in [0.29, 0.717) is 20.9 Å². The zero-order valence-electron chi connectivity index (χ0n) is 13.1. The minimum Gasteiger partial charge on any atom is -0.266 e.